The summed E-state index contributed by atoms with van der Waals surface area (Å²) >= 11 is 7.31. The van der Waals surface area contributed by atoms with Gasteiger partial charge in [0, 0.05) is 22.0 Å². The van der Waals surface area contributed by atoms with Gasteiger partial charge in [-0.2, -0.15) is 0 Å². The molecule has 3 N–H and O–H groups in total. The van der Waals surface area contributed by atoms with Crippen molar-refractivity contribution in [3.8, 4) is 0 Å². The molecule has 0 spiro atoms. The van der Waals surface area contributed by atoms with Crippen LogP contribution in [-0.2, 0) is 10.5 Å². The maximum Gasteiger partial charge on any atom is 0.251 e. The summed E-state index contributed by atoms with van der Waals surface area (Å²) in [5.74, 6) is 0.688. The SMILES string of the molecule is CC(C)(CO)NC(=O)c1ccc(CSCC(=O)Nc2ccc(Cl)cc2)cc1. The molecule has 0 fully saturated rings. The van der Waals surface area contributed by atoms with E-state index in [0.29, 0.717) is 27.8 Å². The molecule has 0 saturated heterocycles. The van der Waals surface area contributed by atoms with E-state index in [9.17, 15) is 14.7 Å². The molecular formula is C20H23ClN2O3S. The van der Waals surface area contributed by atoms with Gasteiger partial charge in [0.1, 0.15) is 0 Å². The number of benzene rings is 2. The molecule has 2 amide bonds. The number of aliphatic hydroxyl groups excluding tert-OH is 1. The molecule has 0 saturated carbocycles. The highest BCUT2D eigenvalue weighted by molar-refractivity contribution is 7.99. The van der Waals surface area contributed by atoms with Crippen molar-refractivity contribution in [3.05, 3.63) is 64.7 Å². The largest absolute Gasteiger partial charge is 0.394 e. The zero-order valence-corrected chi connectivity index (χ0v) is 16.9. The van der Waals surface area contributed by atoms with E-state index in [0.717, 1.165) is 5.56 Å². The van der Waals surface area contributed by atoms with Gasteiger partial charge in [-0.1, -0.05) is 23.7 Å². The summed E-state index contributed by atoms with van der Waals surface area (Å²) in [5.41, 5.74) is 1.61. The lowest BCUT2D eigenvalue weighted by atomic mass is 10.1. The number of nitrogens with one attached hydrogen (secondary N) is 2. The van der Waals surface area contributed by atoms with Crippen LogP contribution in [0.25, 0.3) is 0 Å². The number of hydrogen-bond donors (Lipinski definition) is 3. The molecule has 0 aromatic heterocycles. The van der Waals surface area contributed by atoms with Crippen LogP contribution >= 0.6 is 23.4 Å². The van der Waals surface area contributed by atoms with Crippen LogP contribution in [-0.4, -0.2) is 34.8 Å². The Labute approximate surface area is 168 Å². The van der Waals surface area contributed by atoms with Gasteiger partial charge in [-0.15, -0.1) is 11.8 Å². The predicted molar refractivity (Wildman–Crippen MR) is 111 cm³/mol. The minimum Gasteiger partial charge on any atom is -0.394 e. The first kappa shape index (κ1) is 21.3. The average molecular weight is 407 g/mol. The molecular weight excluding hydrogens is 384 g/mol. The second-order valence-corrected chi connectivity index (χ2v) is 8.16. The monoisotopic (exact) mass is 406 g/mol. The number of halogens is 1. The lowest BCUT2D eigenvalue weighted by molar-refractivity contribution is -0.113. The summed E-state index contributed by atoms with van der Waals surface area (Å²) in [6, 6.07) is 14.2. The minimum atomic E-state index is -0.664. The zero-order chi connectivity index (χ0) is 19.9. The fourth-order valence-electron chi connectivity index (χ4n) is 2.16. The van der Waals surface area contributed by atoms with E-state index in [1.165, 1.54) is 11.8 Å². The summed E-state index contributed by atoms with van der Waals surface area (Å²) in [4.78, 5) is 24.1. The molecule has 0 atom stereocenters. The van der Waals surface area contributed by atoms with E-state index in [1.54, 1.807) is 50.2 Å². The summed E-state index contributed by atoms with van der Waals surface area (Å²) < 4.78 is 0. The van der Waals surface area contributed by atoms with Gasteiger partial charge in [-0.3, -0.25) is 9.59 Å². The van der Waals surface area contributed by atoms with E-state index in [1.807, 2.05) is 12.1 Å². The first-order valence-electron chi connectivity index (χ1n) is 8.44. The maximum atomic E-state index is 12.1. The van der Waals surface area contributed by atoms with Crippen LogP contribution in [0, 0.1) is 0 Å². The molecule has 0 bridgehead atoms. The fourth-order valence-corrected chi connectivity index (χ4v) is 3.08. The van der Waals surface area contributed by atoms with Gasteiger partial charge in [0.2, 0.25) is 5.91 Å². The van der Waals surface area contributed by atoms with Crippen LogP contribution in [0.3, 0.4) is 0 Å². The van der Waals surface area contributed by atoms with Crippen molar-refractivity contribution in [3.63, 3.8) is 0 Å². The Bertz CT molecular complexity index is 777. The van der Waals surface area contributed by atoms with Crippen molar-refractivity contribution >= 4 is 40.9 Å². The maximum absolute atomic E-state index is 12.1. The van der Waals surface area contributed by atoms with Crippen molar-refractivity contribution in [1.29, 1.82) is 0 Å². The van der Waals surface area contributed by atoms with Gasteiger partial charge in [0.05, 0.1) is 17.9 Å². The molecule has 2 aromatic carbocycles. The van der Waals surface area contributed by atoms with Gasteiger partial charge in [-0.05, 0) is 55.8 Å². The van der Waals surface area contributed by atoms with Crippen LogP contribution in [0.15, 0.2) is 48.5 Å². The van der Waals surface area contributed by atoms with Crippen molar-refractivity contribution in [2.24, 2.45) is 0 Å². The van der Waals surface area contributed by atoms with Crippen LogP contribution in [0.5, 0.6) is 0 Å². The lowest BCUT2D eigenvalue weighted by Gasteiger charge is -2.23. The van der Waals surface area contributed by atoms with Crippen molar-refractivity contribution in [2.45, 2.75) is 25.1 Å². The summed E-state index contributed by atoms with van der Waals surface area (Å²) in [6.45, 7) is 3.38. The van der Waals surface area contributed by atoms with Crippen LogP contribution in [0.4, 0.5) is 5.69 Å². The smallest absolute Gasteiger partial charge is 0.251 e. The zero-order valence-electron chi connectivity index (χ0n) is 15.3. The summed E-state index contributed by atoms with van der Waals surface area (Å²) in [5, 5.41) is 15.4. The molecule has 2 rings (SSSR count). The second-order valence-electron chi connectivity index (χ2n) is 6.74. The Morgan fingerprint density at radius 2 is 1.70 bits per heavy atom. The topological polar surface area (TPSA) is 78.4 Å². The minimum absolute atomic E-state index is 0.0791. The number of amides is 2. The Balaban J connectivity index is 1.78. The first-order valence-corrected chi connectivity index (χ1v) is 9.98. The number of rotatable bonds is 8. The molecule has 0 aliphatic carbocycles. The molecule has 0 aliphatic rings. The van der Waals surface area contributed by atoms with E-state index in [-0.39, 0.29) is 18.4 Å². The standard InChI is InChI=1S/C20H23ClN2O3S/c1-20(2,13-24)23-19(26)15-5-3-14(4-6-15)11-27-12-18(25)22-17-9-7-16(21)8-10-17/h3-10,24H,11-13H2,1-2H3,(H,22,25)(H,23,26). The van der Waals surface area contributed by atoms with Crippen LogP contribution < -0.4 is 10.6 Å². The lowest BCUT2D eigenvalue weighted by Crippen LogP contribution is -2.46. The first-order chi connectivity index (χ1) is 12.8. The van der Waals surface area contributed by atoms with E-state index in [4.69, 9.17) is 11.6 Å². The fraction of sp³-hybridized carbons (Fsp3) is 0.300. The Kier molecular flexibility index (Phi) is 7.71. The Hall–Kier alpha value is -2.02. The van der Waals surface area contributed by atoms with Crippen LogP contribution in [0.2, 0.25) is 5.02 Å². The highest BCUT2D eigenvalue weighted by atomic mass is 35.5. The number of carbonyl (C=O) groups is 2. The molecule has 0 radical (unpaired) electrons. The van der Waals surface area contributed by atoms with Crippen molar-refractivity contribution in [1.82, 2.24) is 5.32 Å². The average Bonchev–Trinajstić information content (AvgIpc) is 2.64. The number of anilines is 1. The predicted octanol–water partition coefficient (Wildman–Crippen LogP) is 3.71. The molecule has 0 aliphatic heterocycles. The summed E-state index contributed by atoms with van der Waals surface area (Å²) in [6.07, 6.45) is 0. The van der Waals surface area contributed by atoms with E-state index < -0.39 is 5.54 Å². The van der Waals surface area contributed by atoms with Crippen molar-refractivity contribution in [2.75, 3.05) is 17.7 Å². The van der Waals surface area contributed by atoms with Gasteiger partial charge in [0.25, 0.3) is 5.91 Å². The highest BCUT2D eigenvalue weighted by Crippen LogP contribution is 2.16. The quantitative estimate of drug-likeness (QED) is 0.624. The van der Waals surface area contributed by atoms with Crippen molar-refractivity contribution < 1.29 is 14.7 Å². The molecule has 5 nitrogen and oxygen atoms in total. The highest BCUT2D eigenvalue weighted by Gasteiger charge is 2.19. The van der Waals surface area contributed by atoms with E-state index >= 15 is 0 Å². The number of aliphatic hydroxyl groups is 1. The van der Waals surface area contributed by atoms with Gasteiger partial charge < -0.3 is 15.7 Å². The molecule has 0 unspecified atom stereocenters. The molecule has 27 heavy (non-hydrogen) atoms. The molecule has 2 aromatic rings. The number of thioether (sulfide) groups is 1. The third kappa shape index (κ3) is 7.25. The molecule has 0 heterocycles. The molecule has 144 valence electrons. The number of carbonyl (C=O) groups excluding carboxylic acids is 2. The van der Waals surface area contributed by atoms with Gasteiger partial charge in [0.15, 0.2) is 0 Å². The Morgan fingerprint density at radius 1 is 1.07 bits per heavy atom. The number of hydrogen-bond acceptors (Lipinski definition) is 4. The molecule has 7 heteroatoms. The van der Waals surface area contributed by atoms with Gasteiger partial charge >= 0.3 is 0 Å². The summed E-state index contributed by atoms with van der Waals surface area (Å²) in [7, 11) is 0. The van der Waals surface area contributed by atoms with Gasteiger partial charge in [-0.25, -0.2) is 0 Å². The van der Waals surface area contributed by atoms with Crippen LogP contribution in [0.1, 0.15) is 29.8 Å². The second kappa shape index (κ2) is 9.78. The van der Waals surface area contributed by atoms with E-state index in [2.05, 4.69) is 10.6 Å². The normalized spacial score (nSPS) is 11.1. The third-order valence-electron chi connectivity index (χ3n) is 3.69. The third-order valence-corrected chi connectivity index (χ3v) is 4.95. The Morgan fingerprint density at radius 3 is 2.30 bits per heavy atom.